The SMILES string of the molecule is CCCCCCc1cc[nH]c1C(=O)OC(C)(C)C. The Morgan fingerprint density at radius 3 is 2.61 bits per heavy atom. The molecular weight excluding hydrogens is 226 g/mol. The zero-order chi connectivity index (χ0) is 13.6. The van der Waals surface area contributed by atoms with Gasteiger partial charge in [-0.3, -0.25) is 0 Å². The number of aromatic nitrogens is 1. The van der Waals surface area contributed by atoms with Gasteiger partial charge in [0, 0.05) is 6.20 Å². The highest BCUT2D eigenvalue weighted by Gasteiger charge is 2.20. The average molecular weight is 251 g/mol. The molecule has 0 amide bonds. The van der Waals surface area contributed by atoms with Crippen LogP contribution in [0, 0.1) is 0 Å². The van der Waals surface area contributed by atoms with E-state index in [-0.39, 0.29) is 5.97 Å². The molecule has 3 heteroatoms. The Bertz CT molecular complexity index is 374. The first-order valence-electron chi connectivity index (χ1n) is 6.83. The van der Waals surface area contributed by atoms with Crippen molar-refractivity contribution in [2.45, 2.75) is 65.4 Å². The van der Waals surface area contributed by atoms with Crippen molar-refractivity contribution in [3.05, 3.63) is 23.5 Å². The summed E-state index contributed by atoms with van der Waals surface area (Å²) in [5.74, 6) is -0.252. The minimum Gasteiger partial charge on any atom is -0.455 e. The molecule has 0 aliphatic heterocycles. The molecule has 1 rings (SSSR count). The number of aromatic amines is 1. The van der Waals surface area contributed by atoms with Crippen LogP contribution < -0.4 is 0 Å². The van der Waals surface area contributed by atoms with Crippen molar-refractivity contribution in [1.82, 2.24) is 4.98 Å². The Balaban J connectivity index is 2.56. The molecule has 0 saturated heterocycles. The zero-order valence-corrected chi connectivity index (χ0v) is 12.0. The number of carbonyl (C=O) groups is 1. The minimum absolute atomic E-state index is 0.252. The van der Waals surface area contributed by atoms with E-state index in [1.165, 1.54) is 19.3 Å². The first-order valence-corrected chi connectivity index (χ1v) is 6.83. The lowest BCUT2D eigenvalue weighted by Crippen LogP contribution is -2.24. The molecule has 1 aromatic heterocycles. The Labute approximate surface area is 110 Å². The molecule has 1 N–H and O–H groups in total. The van der Waals surface area contributed by atoms with Crippen molar-refractivity contribution in [3.63, 3.8) is 0 Å². The predicted molar refractivity (Wildman–Crippen MR) is 73.8 cm³/mol. The Morgan fingerprint density at radius 1 is 1.28 bits per heavy atom. The van der Waals surface area contributed by atoms with E-state index in [9.17, 15) is 4.79 Å². The van der Waals surface area contributed by atoms with Gasteiger partial charge in [-0.1, -0.05) is 26.2 Å². The number of ether oxygens (including phenoxy) is 1. The van der Waals surface area contributed by atoms with E-state index < -0.39 is 5.60 Å². The van der Waals surface area contributed by atoms with E-state index in [4.69, 9.17) is 4.74 Å². The van der Waals surface area contributed by atoms with Crippen LogP contribution in [0.3, 0.4) is 0 Å². The summed E-state index contributed by atoms with van der Waals surface area (Å²) in [7, 11) is 0. The van der Waals surface area contributed by atoms with Crippen LogP contribution in [-0.4, -0.2) is 16.6 Å². The molecule has 1 aromatic rings. The molecular formula is C15H25NO2. The number of esters is 1. The molecule has 18 heavy (non-hydrogen) atoms. The lowest BCUT2D eigenvalue weighted by Gasteiger charge is -2.19. The normalized spacial score (nSPS) is 11.6. The molecule has 0 atom stereocenters. The van der Waals surface area contributed by atoms with Gasteiger partial charge in [0.1, 0.15) is 11.3 Å². The quantitative estimate of drug-likeness (QED) is 0.611. The molecule has 3 nitrogen and oxygen atoms in total. The van der Waals surface area contributed by atoms with E-state index in [1.54, 1.807) is 0 Å². The Hall–Kier alpha value is -1.25. The molecule has 0 radical (unpaired) electrons. The van der Waals surface area contributed by atoms with E-state index in [1.807, 2.05) is 33.0 Å². The van der Waals surface area contributed by atoms with Crippen molar-refractivity contribution in [2.75, 3.05) is 0 Å². The maximum absolute atomic E-state index is 12.0. The summed E-state index contributed by atoms with van der Waals surface area (Å²) in [5.41, 5.74) is 1.24. The summed E-state index contributed by atoms with van der Waals surface area (Å²) in [4.78, 5) is 15.0. The van der Waals surface area contributed by atoms with Crippen LogP contribution >= 0.6 is 0 Å². The third-order valence-corrected chi connectivity index (χ3v) is 2.74. The number of carbonyl (C=O) groups excluding carboxylic acids is 1. The monoisotopic (exact) mass is 251 g/mol. The summed E-state index contributed by atoms with van der Waals surface area (Å²) in [6.07, 6.45) is 7.58. The fourth-order valence-corrected chi connectivity index (χ4v) is 1.87. The maximum Gasteiger partial charge on any atom is 0.355 e. The summed E-state index contributed by atoms with van der Waals surface area (Å²) < 4.78 is 5.38. The smallest absolute Gasteiger partial charge is 0.355 e. The van der Waals surface area contributed by atoms with Crippen LogP contribution in [0.15, 0.2) is 12.3 Å². The summed E-state index contributed by atoms with van der Waals surface area (Å²) in [6.45, 7) is 7.85. The molecule has 0 aliphatic rings. The van der Waals surface area contributed by atoms with Crippen LogP contribution in [0.1, 0.15) is 69.4 Å². The average Bonchev–Trinajstić information content (AvgIpc) is 2.70. The van der Waals surface area contributed by atoms with Crippen molar-refractivity contribution < 1.29 is 9.53 Å². The predicted octanol–water partition coefficient (Wildman–Crippen LogP) is 4.09. The third kappa shape index (κ3) is 4.94. The van der Waals surface area contributed by atoms with Gasteiger partial charge >= 0.3 is 5.97 Å². The van der Waals surface area contributed by atoms with Gasteiger partial charge in [0.05, 0.1) is 0 Å². The van der Waals surface area contributed by atoms with Crippen molar-refractivity contribution in [2.24, 2.45) is 0 Å². The van der Waals surface area contributed by atoms with Gasteiger partial charge in [-0.25, -0.2) is 4.79 Å². The number of unbranched alkanes of at least 4 members (excludes halogenated alkanes) is 3. The summed E-state index contributed by atoms with van der Waals surface area (Å²) >= 11 is 0. The minimum atomic E-state index is -0.443. The van der Waals surface area contributed by atoms with Gasteiger partial charge < -0.3 is 9.72 Å². The molecule has 0 aromatic carbocycles. The van der Waals surface area contributed by atoms with Crippen LogP contribution in [0.5, 0.6) is 0 Å². The Morgan fingerprint density at radius 2 is 2.00 bits per heavy atom. The molecule has 0 fully saturated rings. The largest absolute Gasteiger partial charge is 0.455 e. The van der Waals surface area contributed by atoms with Crippen LogP contribution in [-0.2, 0) is 11.2 Å². The highest BCUT2D eigenvalue weighted by molar-refractivity contribution is 5.89. The maximum atomic E-state index is 12.0. The number of nitrogens with one attached hydrogen (secondary N) is 1. The van der Waals surface area contributed by atoms with Gasteiger partial charge in [-0.05, 0) is 45.2 Å². The molecule has 0 aliphatic carbocycles. The van der Waals surface area contributed by atoms with Crippen molar-refractivity contribution in [1.29, 1.82) is 0 Å². The van der Waals surface area contributed by atoms with E-state index in [0.29, 0.717) is 5.69 Å². The molecule has 0 spiro atoms. The second-order valence-corrected chi connectivity index (χ2v) is 5.69. The van der Waals surface area contributed by atoms with Gasteiger partial charge in [0.2, 0.25) is 0 Å². The number of aryl methyl sites for hydroxylation is 1. The number of hydrogen-bond donors (Lipinski definition) is 1. The van der Waals surface area contributed by atoms with Crippen LogP contribution in [0.4, 0.5) is 0 Å². The lowest BCUT2D eigenvalue weighted by atomic mass is 10.1. The fourth-order valence-electron chi connectivity index (χ4n) is 1.87. The van der Waals surface area contributed by atoms with Crippen LogP contribution in [0.2, 0.25) is 0 Å². The van der Waals surface area contributed by atoms with Gasteiger partial charge in [0.25, 0.3) is 0 Å². The number of hydrogen-bond acceptors (Lipinski definition) is 2. The van der Waals surface area contributed by atoms with E-state index in [2.05, 4.69) is 11.9 Å². The third-order valence-electron chi connectivity index (χ3n) is 2.74. The lowest BCUT2D eigenvalue weighted by molar-refractivity contribution is 0.00624. The molecule has 0 unspecified atom stereocenters. The van der Waals surface area contributed by atoms with E-state index >= 15 is 0 Å². The van der Waals surface area contributed by atoms with Gasteiger partial charge in [-0.2, -0.15) is 0 Å². The summed E-state index contributed by atoms with van der Waals surface area (Å²) in [6, 6.07) is 1.98. The second-order valence-electron chi connectivity index (χ2n) is 5.69. The fraction of sp³-hybridized carbons (Fsp3) is 0.667. The summed E-state index contributed by atoms with van der Waals surface area (Å²) in [5, 5.41) is 0. The topological polar surface area (TPSA) is 42.1 Å². The standard InChI is InChI=1S/C15H25NO2/c1-5-6-7-8-9-12-10-11-16-13(12)14(17)18-15(2,3)4/h10-11,16H,5-9H2,1-4H3. The van der Waals surface area contributed by atoms with Crippen molar-refractivity contribution >= 4 is 5.97 Å². The first kappa shape index (κ1) is 14.8. The second kappa shape index (κ2) is 6.62. The van der Waals surface area contributed by atoms with Crippen molar-refractivity contribution in [3.8, 4) is 0 Å². The van der Waals surface area contributed by atoms with Crippen LogP contribution in [0.25, 0.3) is 0 Å². The molecule has 1 heterocycles. The molecule has 0 saturated carbocycles. The van der Waals surface area contributed by atoms with E-state index in [0.717, 1.165) is 18.4 Å². The Kier molecular flexibility index (Phi) is 5.45. The molecule has 0 bridgehead atoms. The van der Waals surface area contributed by atoms with Gasteiger partial charge in [-0.15, -0.1) is 0 Å². The first-order chi connectivity index (χ1) is 8.44. The molecule has 102 valence electrons. The number of rotatable bonds is 6. The van der Waals surface area contributed by atoms with Gasteiger partial charge in [0.15, 0.2) is 0 Å². The highest BCUT2D eigenvalue weighted by atomic mass is 16.6. The zero-order valence-electron chi connectivity index (χ0n) is 12.0. The number of H-pyrrole nitrogens is 1. The highest BCUT2D eigenvalue weighted by Crippen LogP contribution is 2.16.